The van der Waals surface area contributed by atoms with Gasteiger partial charge in [-0.15, -0.1) is 0 Å². The van der Waals surface area contributed by atoms with Gasteiger partial charge in [-0.05, 0) is 24.5 Å². The highest BCUT2D eigenvalue weighted by Gasteiger charge is 2.21. The second-order valence-electron chi connectivity index (χ2n) is 6.98. The first-order chi connectivity index (χ1) is 12.0. The number of nitrogens with two attached hydrogens (primary N) is 1. The average molecular weight is 346 g/mol. The second kappa shape index (κ2) is 9.42. The zero-order valence-electron chi connectivity index (χ0n) is 15.3. The molecule has 6 nitrogen and oxygen atoms in total. The number of benzene rings is 1. The number of carbonyl (C=O) groups excluding carboxylic acids is 2. The monoisotopic (exact) mass is 346 g/mol. The maximum absolute atomic E-state index is 12.3. The summed E-state index contributed by atoms with van der Waals surface area (Å²) in [5.41, 5.74) is 7.03. The van der Waals surface area contributed by atoms with Crippen LogP contribution in [0.15, 0.2) is 30.3 Å². The standard InChI is InChI=1S/C19H30N4O2/c1-15(2)14-17(20)19(25)21-9-8-18(24)23-12-10-22(11-13-23)16-6-4-3-5-7-16/h3-7,15,17H,8-14,20H2,1-2H3,(H,21,25)/t17-/m0/s1. The Bertz CT molecular complexity index is 554. The Labute approximate surface area is 150 Å². The third-order valence-electron chi connectivity index (χ3n) is 4.45. The van der Waals surface area contributed by atoms with E-state index in [1.54, 1.807) is 0 Å². The van der Waals surface area contributed by atoms with Gasteiger partial charge in [-0.25, -0.2) is 0 Å². The summed E-state index contributed by atoms with van der Waals surface area (Å²) >= 11 is 0. The van der Waals surface area contributed by atoms with Gasteiger partial charge in [0.15, 0.2) is 0 Å². The predicted molar refractivity (Wildman–Crippen MR) is 100 cm³/mol. The van der Waals surface area contributed by atoms with E-state index in [1.807, 2.05) is 36.9 Å². The van der Waals surface area contributed by atoms with E-state index < -0.39 is 6.04 Å². The molecule has 2 rings (SSSR count). The molecule has 2 amide bonds. The molecule has 1 aromatic rings. The van der Waals surface area contributed by atoms with Crippen LogP contribution in [0, 0.1) is 5.92 Å². The number of piperazine rings is 1. The van der Waals surface area contributed by atoms with Crippen molar-refractivity contribution in [2.75, 3.05) is 37.6 Å². The number of rotatable bonds is 7. The van der Waals surface area contributed by atoms with E-state index in [0.717, 1.165) is 13.1 Å². The smallest absolute Gasteiger partial charge is 0.236 e. The lowest BCUT2D eigenvalue weighted by Crippen LogP contribution is -2.49. The Balaban J connectivity index is 1.68. The Morgan fingerprint density at radius 3 is 2.36 bits per heavy atom. The van der Waals surface area contributed by atoms with Gasteiger partial charge in [-0.2, -0.15) is 0 Å². The molecule has 0 bridgehead atoms. The van der Waals surface area contributed by atoms with Crippen molar-refractivity contribution in [1.82, 2.24) is 10.2 Å². The quantitative estimate of drug-likeness (QED) is 0.778. The number of para-hydroxylation sites is 1. The van der Waals surface area contributed by atoms with Crippen LogP contribution in [-0.2, 0) is 9.59 Å². The van der Waals surface area contributed by atoms with E-state index in [9.17, 15) is 9.59 Å². The molecule has 25 heavy (non-hydrogen) atoms. The van der Waals surface area contributed by atoms with Gasteiger partial charge in [0.05, 0.1) is 6.04 Å². The average Bonchev–Trinajstić information content (AvgIpc) is 2.61. The van der Waals surface area contributed by atoms with Crippen molar-refractivity contribution in [2.45, 2.75) is 32.7 Å². The van der Waals surface area contributed by atoms with Gasteiger partial charge < -0.3 is 20.9 Å². The van der Waals surface area contributed by atoms with Crippen molar-refractivity contribution in [1.29, 1.82) is 0 Å². The summed E-state index contributed by atoms with van der Waals surface area (Å²) in [5, 5.41) is 2.77. The molecular formula is C19H30N4O2. The molecule has 0 aliphatic carbocycles. The summed E-state index contributed by atoms with van der Waals surface area (Å²) in [7, 11) is 0. The van der Waals surface area contributed by atoms with E-state index in [0.29, 0.717) is 38.4 Å². The lowest BCUT2D eigenvalue weighted by Gasteiger charge is -2.36. The van der Waals surface area contributed by atoms with Crippen LogP contribution in [0.1, 0.15) is 26.7 Å². The maximum atomic E-state index is 12.3. The molecule has 3 N–H and O–H groups in total. The molecular weight excluding hydrogens is 316 g/mol. The normalized spacial score (nSPS) is 16.0. The Morgan fingerprint density at radius 1 is 1.12 bits per heavy atom. The highest BCUT2D eigenvalue weighted by Crippen LogP contribution is 2.15. The number of amides is 2. The van der Waals surface area contributed by atoms with Crippen molar-refractivity contribution in [3.05, 3.63) is 30.3 Å². The molecule has 6 heteroatoms. The number of hydrogen-bond acceptors (Lipinski definition) is 4. The fourth-order valence-electron chi connectivity index (χ4n) is 3.05. The summed E-state index contributed by atoms with van der Waals surface area (Å²) in [6, 6.07) is 9.74. The number of nitrogens with zero attached hydrogens (tertiary/aromatic N) is 2. The van der Waals surface area contributed by atoms with E-state index in [-0.39, 0.29) is 11.8 Å². The molecule has 1 atom stereocenters. The van der Waals surface area contributed by atoms with Gasteiger partial charge in [0, 0.05) is 44.8 Å². The molecule has 0 saturated carbocycles. The molecule has 138 valence electrons. The van der Waals surface area contributed by atoms with Crippen molar-refractivity contribution in [2.24, 2.45) is 11.7 Å². The lowest BCUT2D eigenvalue weighted by atomic mass is 10.0. The van der Waals surface area contributed by atoms with Gasteiger partial charge >= 0.3 is 0 Å². The lowest BCUT2D eigenvalue weighted by molar-refractivity contribution is -0.131. The highest BCUT2D eigenvalue weighted by atomic mass is 16.2. The minimum Gasteiger partial charge on any atom is -0.368 e. The first-order valence-corrected chi connectivity index (χ1v) is 9.08. The van der Waals surface area contributed by atoms with Crippen LogP contribution in [0.3, 0.4) is 0 Å². The third-order valence-corrected chi connectivity index (χ3v) is 4.45. The Kier molecular flexibility index (Phi) is 7.25. The SMILES string of the molecule is CC(C)C[C@H](N)C(=O)NCCC(=O)N1CCN(c2ccccc2)CC1. The van der Waals surface area contributed by atoms with Gasteiger partial charge in [0.25, 0.3) is 0 Å². The first-order valence-electron chi connectivity index (χ1n) is 9.08. The highest BCUT2D eigenvalue weighted by molar-refractivity contribution is 5.82. The molecule has 1 saturated heterocycles. The van der Waals surface area contributed by atoms with Crippen LogP contribution >= 0.6 is 0 Å². The van der Waals surface area contributed by atoms with Crippen LogP contribution in [0.5, 0.6) is 0 Å². The van der Waals surface area contributed by atoms with Crippen molar-refractivity contribution in [3.63, 3.8) is 0 Å². The van der Waals surface area contributed by atoms with E-state index in [4.69, 9.17) is 5.73 Å². The molecule has 0 unspecified atom stereocenters. The van der Waals surface area contributed by atoms with Crippen LogP contribution in [0.25, 0.3) is 0 Å². The second-order valence-corrected chi connectivity index (χ2v) is 6.98. The van der Waals surface area contributed by atoms with Crippen molar-refractivity contribution < 1.29 is 9.59 Å². The van der Waals surface area contributed by atoms with Gasteiger partial charge in [-0.3, -0.25) is 9.59 Å². The van der Waals surface area contributed by atoms with Crippen molar-refractivity contribution in [3.8, 4) is 0 Å². The minimum atomic E-state index is -0.496. The van der Waals surface area contributed by atoms with Crippen LogP contribution in [-0.4, -0.2) is 55.5 Å². The van der Waals surface area contributed by atoms with Crippen LogP contribution in [0.2, 0.25) is 0 Å². The Hall–Kier alpha value is -2.08. The van der Waals surface area contributed by atoms with Crippen LogP contribution < -0.4 is 16.0 Å². The summed E-state index contributed by atoms with van der Waals surface area (Å²) in [6.07, 6.45) is 0.979. The molecule has 1 fully saturated rings. The summed E-state index contributed by atoms with van der Waals surface area (Å²) < 4.78 is 0. The first kappa shape index (κ1) is 19.2. The zero-order chi connectivity index (χ0) is 18.2. The molecule has 1 aliphatic rings. The molecule has 1 aliphatic heterocycles. The van der Waals surface area contributed by atoms with Gasteiger partial charge in [-0.1, -0.05) is 32.0 Å². The number of hydrogen-bond donors (Lipinski definition) is 2. The Morgan fingerprint density at radius 2 is 1.76 bits per heavy atom. The maximum Gasteiger partial charge on any atom is 0.236 e. The van der Waals surface area contributed by atoms with Gasteiger partial charge in [0.2, 0.25) is 11.8 Å². The number of carbonyl (C=O) groups is 2. The third kappa shape index (κ3) is 6.05. The topological polar surface area (TPSA) is 78.7 Å². The predicted octanol–water partition coefficient (Wildman–Crippen LogP) is 1.21. The fraction of sp³-hybridized carbons (Fsp3) is 0.579. The number of nitrogens with one attached hydrogen (secondary N) is 1. The van der Waals surface area contributed by atoms with E-state index in [2.05, 4.69) is 22.3 Å². The minimum absolute atomic E-state index is 0.0884. The molecule has 0 radical (unpaired) electrons. The zero-order valence-corrected chi connectivity index (χ0v) is 15.3. The molecule has 1 heterocycles. The largest absolute Gasteiger partial charge is 0.368 e. The molecule has 0 spiro atoms. The summed E-state index contributed by atoms with van der Waals surface area (Å²) in [5.74, 6) is 0.295. The summed E-state index contributed by atoms with van der Waals surface area (Å²) in [4.78, 5) is 28.3. The van der Waals surface area contributed by atoms with Crippen LogP contribution in [0.4, 0.5) is 5.69 Å². The van der Waals surface area contributed by atoms with Crippen molar-refractivity contribution >= 4 is 17.5 Å². The van der Waals surface area contributed by atoms with E-state index >= 15 is 0 Å². The van der Waals surface area contributed by atoms with E-state index in [1.165, 1.54) is 5.69 Å². The molecule has 0 aromatic heterocycles. The van der Waals surface area contributed by atoms with Gasteiger partial charge in [0.1, 0.15) is 0 Å². The summed E-state index contributed by atoms with van der Waals surface area (Å²) in [6.45, 7) is 7.52. The fourth-order valence-corrected chi connectivity index (χ4v) is 3.05. The molecule has 1 aromatic carbocycles. The number of anilines is 1.